The summed E-state index contributed by atoms with van der Waals surface area (Å²) in [6.07, 6.45) is 3.46. The van der Waals surface area contributed by atoms with Crippen LogP contribution in [0.4, 0.5) is 5.82 Å². The Kier molecular flexibility index (Phi) is 4.76. The molecule has 1 saturated heterocycles. The predicted octanol–water partition coefficient (Wildman–Crippen LogP) is 1.66. The van der Waals surface area contributed by atoms with E-state index in [1.165, 1.54) is 6.20 Å². The van der Waals surface area contributed by atoms with Crippen molar-refractivity contribution >= 4 is 11.8 Å². The number of hydrogen-bond acceptors (Lipinski definition) is 5. The van der Waals surface area contributed by atoms with Crippen LogP contribution < -0.4 is 4.90 Å². The van der Waals surface area contributed by atoms with Crippen molar-refractivity contribution in [3.63, 3.8) is 0 Å². The second kappa shape index (κ2) is 6.55. The maximum absolute atomic E-state index is 11.7. The number of pyridine rings is 1. The number of aromatic nitrogens is 1. The van der Waals surface area contributed by atoms with Crippen LogP contribution in [-0.4, -0.2) is 42.9 Å². The fourth-order valence-electron chi connectivity index (χ4n) is 2.75. The summed E-state index contributed by atoms with van der Waals surface area (Å²) in [5, 5.41) is 18.4. The monoisotopic (exact) mass is 289 g/mol. The predicted molar refractivity (Wildman–Crippen MR) is 77.0 cm³/mol. The number of anilines is 1. The number of nitriles is 1. The van der Waals surface area contributed by atoms with Gasteiger partial charge in [-0.3, -0.25) is 4.79 Å². The Morgan fingerprint density at radius 1 is 1.62 bits per heavy atom. The Hall–Kier alpha value is -2.13. The molecule has 0 spiro atoms. The van der Waals surface area contributed by atoms with Crippen LogP contribution in [0, 0.1) is 16.7 Å². The number of carbonyl (C=O) groups is 1. The fraction of sp³-hybridized carbons (Fsp3) is 0.533. The van der Waals surface area contributed by atoms with E-state index in [4.69, 9.17) is 10.00 Å². The molecule has 1 aromatic rings. The molecule has 1 aliphatic heterocycles. The third-order valence-electron chi connectivity index (χ3n) is 4.02. The van der Waals surface area contributed by atoms with Crippen molar-refractivity contribution in [1.29, 1.82) is 5.26 Å². The van der Waals surface area contributed by atoms with E-state index in [1.807, 2.05) is 11.0 Å². The van der Waals surface area contributed by atoms with Crippen molar-refractivity contribution in [2.75, 3.05) is 31.7 Å². The summed E-state index contributed by atoms with van der Waals surface area (Å²) < 4.78 is 5.06. The molecule has 0 bridgehead atoms. The highest BCUT2D eigenvalue weighted by Gasteiger charge is 2.42. The molecule has 1 fully saturated rings. The zero-order valence-corrected chi connectivity index (χ0v) is 12.1. The highest BCUT2D eigenvalue weighted by molar-refractivity contribution is 5.76. The zero-order chi connectivity index (χ0) is 15.3. The molecule has 21 heavy (non-hydrogen) atoms. The minimum absolute atomic E-state index is 0.421. The average molecular weight is 289 g/mol. The normalized spacial score (nSPS) is 21.8. The van der Waals surface area contributed by atoms with Gasteiger partial charge in [-0.25, -0.2) is 4.98 Å². The quantitative estimate of drug-likeness (QED) is 0.887. The van der Waals surface area contributed by atoms with Gasteiger partial charge < -0.3 is 14.7 Å². The number of ether oxygens (including phenoxy) is 1. The molecule has 0 saturated carbocycles. The molecule has 6 heteroatoms. The number of piperidine rings is 1. The fourth-order valence-corrected chi connectivity index (χ4v) is 2.75. The lowest BCUT2D eigenvalue weighted by molar-refractivity contribution is -0.150. The van der Waals surface area contributed by atoms with E-state index >= 15 is 0 Å². The first kappa shape index (κ1) is 15.3. The SMILES string of the molecule is COCCC1(C(=O)O)CCCN(c2ccc(C#N)cn2)C1. The lowest BCUT2D eigenvalue weighted by atomic mass is 9.77. The third kappa shape index (κ3) is 3.31. The van der Waals surface area contributed by atoms with Crippen molar-refractivity contribution in [2.24, 2.45) is 5.41 Å². The van der Waals surface area contributed by atoms with Gasteiger partial charge >= 0.3 is 5.97 Å². The van der Waals surface area contributed by atoms with Gasteiger partial charge in [-0.05, 0) is 31.4 Å². The first-order valence-electron chi connectivity index (χ1n) is 6.95. The van der Waals surface area contributed by atoms with E-state index in [1.54, 1.807) is 19.2 Å². The van der Waals surface area contributed by atoms with Gasteiger partial charge in [0.15, 0.2) is 0 Å². The molecule has 2 rings (SSSR count). The molecule has 1 N–H and O–H groups in total. The third-order valence-corrected chi connectivity index (χ3v) is 4.02. The lowest BCUT2D eigenvalue weighted by Gasteiger charge is -2.40. The number of aliphatic carboxylic acids is 1. The number of carboxylic acid groups (broad SMARTS) is 1. The summed E-state index contributed by atoms with van der Waals surface area (Å²) in [6.45, 7) is 1.63. The number of hydrogen-bond donors (Lipinski definition) is 1. The van der Waals surface area contributed by atoms with Crippen LogP contribution in [0.5, 0.6) is 0 Å². The summed E-state index contributed by atoms with van der Waals surface area (Å²) in [5.41, 5.74) is -0.288. The molecule has 0 aliphatic carbocycles. The molecular formula is C15H19N3O3. The van der Waals surface area contributed by atoms with E-state index < -0.39 is 11.4 Å². The van der Waals surface area contributed by atoms with Crippen LogP contribution in [0.25, 0.3) is 0 Å². The van der Waals surface area contributed by atoms with Crippen LogP contribution in [0.1, 0.15) is 24.8 Å². The van der Waals surface area contributed by atoms with Gasteiger partial charge in [0.05, 0.1) is 11.0 Å². The first-order valence-corrected chi connectivity index (χ1v) is 6.95. The van der Waals surface area contributed by atoms with Gasteiger partial charge in [0.2, 0.25) is 0 Å². The van der Waals surface area contributed by atoms with Gasteiger partial charge in [-0.15, -0.1) is 0 Å². The Labute approximate surface area is 124 Å². The van der Waals surface area contributed by atoms with Crippen molar-refractivity contribution in [3.8, 4) is 6.07 Å². The van der Waals surface area contributed by atoms with Crippen LogP contribution in [0.15, 0.2) is 18.3 Å². The molecule has 112 valence electrons. The molecule has 0 amide bonds. The van der Waals surface area contributed by atoms with Crippen molar-refractivity contribution in [2.45, 2.75) is 19.3 Å². The molecule has 2 heterocycles. The molecular weight excluding hydrogens is 270 g/mol. The summed E-state index contributed by atoms with van der Waals surface area (Å²) in [4.78, 5) is 18.0. The molecule has 0 radical (unpaired) electrons. The van der Waals surface area contributed by atoms with Gasteiger partial charge in [0.25, 0.3) is 0 Å². The molecule has 1 atom stereocenters. The van der Waals surface area contributed by atoms with Crippen LogP contribution >= 0.6 is 0 Å². The standard InChI is InChI=1S/C15H19N3O3/c1-21-8-6-15(14(19)20)5-2-7-18(11-15)13-4-3-12(9-16)10-17-13/h3-4,10H,2,5-8,11H2,1H3,(H,19,20). The maximum atomic E-state index is 11.7. The van der Waals surface area contributed by atoms with Gasteiger partial charge in [-0.2, -0.15) is 5.26 Å². The Morgan fingerprint density at radius 2 is 2.43 bits per heavy atom. The lowest BCUT2D eigenvalue weighted by Crippen LogP contribution is -2.48. The minimum Gasteiger partial charge on any atom is -0.481 e. The molecule has 0 aromatic carbocycles. The van der Waals surface area contributed by atoms with Crippen molar-refractivity contribution in [3.05, 3.63) is 23.9 Å². The Morgan fingerprint density at radius 3 is 3.00 bits per heavy atom. The average Bonchev–Trinajstić information content (AvgIpc) is 2.53. The van der Waals surface area contributed by atoms with E-state index in [-0.39, 0.29) is 0 Å². The smallest absolute Gasteiger partial charge is 0.311 e. The summed E-state index contributed by atoms with van der Waals surface area (Å²) in [5.74, 6) is -0.0605. The highest BCUT2D eigenvalue weighted by atomic mass is 16.5. The van der Waals surface area contributed by atoms with E-state index in [2.05, 4.69) is 4.98 Å². The molecule has 1 unspecified atom stereocenters. The second-order valence-corrected chi connectivity index (χ2v) is 5.37. The highest BCUT2D eigenvalue weighted by Crippen LogP contribution is 2.35. The van der Waals surface area contributed by atoms with E-state index in [9.17, 15) is 9.90 Å². The van der Waals surface area contributed by atoms with Crippen molar-refractivity contribution in [1.82, 2.24) is 4.98 Å². The zero-order valence-electron chi connectivity index (χ0n) is 12.1. The second-order valence-electron chi connectivity index (χ2n) is 5.37. The van der Waals surface area contributed by atoms with E-state index in [0.29, 0.717) is 31.6 Å². The number of rotatable bonds is 5. The summed E-state index contributed by atoms with van der Waals surface area (Å²) in [7, 11) is 1.58. The molecule has 1 aliphatic rings. The van der Waals surface area contributed by atoms with Gasteiger partial charge in [-0.1, -0.05) is 0 Å². The van der Waals surface area contributed by atoms with Crippen molar-refractivity contribution < 1.29 is 14.6 Å². The Bertz CT molecular complexity index is 538. The summed E-state index contributed by atoms with van der Waals surface area (Å²) >= 11 is 0. The van der Waals surface area contributed by atoms with E-state index in [0.717, 1.165) is 18.8 Å². The van der Waals surface area contributed by atoms with Crippen LogP contribution in [-0.2, 0) is 9.53 Å². The van der Waals surface area contributed by atoms with Crippen LogP contribution in [0.3, 0.4) is 0 Å². The maximum Gasteiger partial charge on any atom is 0.311 e. The summed E-state index contributed by atoms with van der Waals surface area (Å²) in [6, 6.07) is 5.50. The number of methoxy groups -OCH3 is 1. The Balaban J connectivity index is 2.17. The van der Waals surface area contributed by atoms with Crippen LogP contribution in [0.2, 0.25) is 0 Å². The van der Waals surface area contributed by atoms with Gasteiger partial charge in [0.1, 0.15) is 11.9 Å². The molecule has 6 nitrogen and oxygen atoms in total. The largest absolute Gasteiger partial charge is 0.481 e. The van der Waals surface area contributed by atoms with Gasteiger partial charge in [0, 0.05) is 33.0 Å². The number of carboxylic acids is 1. The first-order chi connectivity index (χ1) is 10.1. The topological polar surface area (TPSA) is 86.5 Å². The minimum atomic E-state index is -0.788. The number of nitrogens with zero attached hydrogens (tertiary/aromatic N) is 3. The molecule has 1 aromatic heterocycles.